The van der Waals surface area contributed by atoms with E-state index < -0.39 is 50.1 Å². The van der Waals surface area contributed by atoms with Crippen LogP contribution in [0.1, 0.15) is 37.9 Å². The van der Waals surface area contributed by atoms with Gasteiger partial charge in [0.2, 0.25) is 5.91 Å². The molecule has 1 saturated heterocycles. The standard InChI is InChI=1S/C30H28Cl2F3N7O2/c1-6-18(43)40-9-10-41(15(5)12-40)28-16-11-17(33)26(19-22(34)20(31)23(35)21(32)24(19)36)38-29(16)42(30(44)39-28)27-14(4)7-8-37-25(27)13(2)3/h6-8,11,13,15H,1,9-10,12,36H2,2-5H3/t15-/m0/s1. The van der Waals surface area contributed by atoms with Crippen LogP contribution in [-0.4, -0.2) is 56.0 Å². The molecule has 0 bridgehead atoms. The van der Waals surface area contributed by atoms with E-state index in [9.17, 15) is 14.0 Å². The van der Waals surface area contributed by atoms with E-state index in [1.165, 1.54) is 10.6 Å². The van der Waals surface area contributed by atoms with E-state index >= 15 is 8.78 Å². The number of anilines is 2. The van der Waals surface area contributed by atoms with E-state index in [4.69, 9.17) is 28.9 Å². The summed E-state index contributed by atoms with van der Waals surface area (Å²) in [6, 6.07) is 2.43. The Bertz CT molecular complexity index is 1890. The highest BCUT2D eigenvalue weighted by atomic mass is 35.5. The van der Waals surface area contributed by atoms with Gasteiger partial charge in [0.1, 0.15) is 21.6 Å². The third-order valence-electron chi connectivity index (χ3n) is 7.65. The molecular weight excluding hydrogens is 618 g/mol. The minimum absolute atomic E-state index is 0.0819. The Balaban J connectivity index is 1.87. The Labute approximate surface area is 260 Å². The van der Waals surface area contributed by atoms with Crippen LogP contribution in [0.3, 0.4) is 0 Å². The molecule has 4 heterocycles. The summed E-state index contributed by atoms with van der Waals surface area (Å²) in [5, 5.41) is -1.57. The molecule has 1 aliphatic rings. The fourth-order valence-electron chi connectivity index (χ4n) is 5.47. The van der Waals surface area contributed by atoms with Crippen LogP contribution in [0.4, 0.5) is 24.7 Å². The van der Waals surface area contributed by atoms with Gasteiger partial charge in [0.05, 0.1) is 28.0 Å². The van der Waals surface area contributed by atoms with Gasteiger partial charge in [-0.25, -0.2) is 27.5 Å². The van der Waals surface area contributed by atoms with Gasteiger partial charge in [-0.05, 0) is 43.5 Å². The number of rotatable bonds is 5. The molecule has 1 fully saturated rings. The topological polar surface area (TPSA) is 110 Å². The zero-order chi connectivity index (χ0) is 32.2. The number of aromatic nitrogens is 4. The lowest BCUT2D eigenvalue weighted by Gasteiger charge is -2.40. The Morgan fingerprint density at radius 2 is 1.86 bits per heavy atom. The number of pyridine rings is 2. The molecule has 5 rings (SSSR count). The van der Waals surface area contributed by atoms with Crippen molar-refractivity contribution in [3.05, 3.63) is 80.2 Å². The highest BCUT2D eigenvalue weighted by Crippen LogP contribution is 2.42. The van der Waals surface area contributed by atoms with Crippen LogP contribution < -0.4 is 16.3 Å². The Kier molecular flexibility index (Phi) is 8.34. The van der Waals surface area contributed by atoms with Crippen molar-refractivity contribution >= 4 is 51.6 Å². The van der Waals surface area contributed by atoms with Crippen molar-refractivity contribution in [1.82, 2.24) is 24.4 Å². The van der Waals surface area contributed by atoms with Crippen LogP contribution >= 0.6 is 23.2 Å². The summed E-state index contributed by atoms with van der Waals surface area (Å²) in [4.78, 5) is 42.9. The smallest absolute Gasteiger partial charge is 0.355 e. The van der Waals surface area contributed by atoms with Gasteiger partial charge in [0.25, 0.3) is 0 Å². The first-order valence-corrected chi connectivity index (χ1v) is 14.4. The van der Waals surface area contributed by atoms with Crippen LogP contribution in [-0.2, 0) is 4.79 Å². The number of benzene rings is 1. The summed E-state index contributed by atoms with van der Waals surface area (Å²) in [7, 11) is 0. The minimum atomic E-state index is -1.36. The second kappa shape index (κ2) is 11.7. The van der Waals surface area contributed by atoms with Crippen LogP contribution in [0, 0.1) is 24.4 Å². The van der Waals surface area contributed by atoms with Gasteiger partial charge in [0.15, 0.2) is 23.1 Å². The third-order valence-corrected chi connectivity index (χ3v) is 8.35. The van der Waals surface area contributed by atoms with Crippen molar-refractivity contribution in [2.75, 3.05) is 30.3 Å². The van der Waals surface area contributed by atoms with Crippen molar-refractivity contribution in [2.45, 2.75) is 39.7 Å². The highest BCUT2D eigenvalue weighted by Gasteiger charge is 2.32. The van der Waals surface area contributed by atoms with Crippen LogP contribution in [0.5, 0.6) is 0 Å². The van der Waals surface area contributed by atoms with Gasteiger partial charge >= 0.3 is 5.69 Å². The van der Waals surface area contributed by atoms with E-state index in [-0.39, 0.29) is 41.3 Å². The molecule has 14 heteroatoms. The molecule has 1 amide bonds. The number of carbonyl (C=O) groups is 1. The van der Waals surface area contributed by atoms with Crippen LogP contribution in [0.25, 0.3) is 28.0 Å². The first-order chi connectivity index (χ1) is 20.8. The molecule has 4 aromatic rings. The number of carbonyl (C=O) groups excluding carboxylic acids is 1. The number of nitrogens with zero attached hydrogens (tertiary/aromatic N) is 6. The van der Waals surface area contributed by atoms with Crippen molar-refractivity contribution in [3.8, 4) is 16.9 Å². The van der Waals surface area contributed by atoms with Crippen molar-refractivity contribution in [1.29, 1.82) is 0 Å². The average molecular weight is 647 g/mol. The quantitative estimate of drug-likeness (QED) is 0.126. The molecule has 44 heavy (non-hydrogen) atoms. The molecule has 0 spiro atoms. The summed E-state index contributed by atoms with van der Waals surface area (Å²) in [5.74, 6) is -3.98. The lowest BCUT2D eigenvalue weighted by atomic mass is 10.0. The maximum absolute atomic E-state index is 16.0. The summed E-state index contributed by atoms with van der Waals surface area (Å²) < 4.78 is 47.0. The fourth-order valence-corrected chi connectivity index (χ4v) is 5.89. The molecule has 0 radical (unpaired) electrons. The van der Waals surface area contributed by atoms with E-state index in [2.05, 4.69) is 21.5 Å². The number of halogens is 5. The van der Waals surface area contributed by atoms with E-state index in [0.29, 0.717) is 30.0 Å². The molecule has 3 aromatic heterocycles. The largest absolute Gasteiger partial charge is 0.397 e. The second-order valence-corrected chi connectivity index (χ2v) is 11.6. The number of hydrogen-bond acceptors (Lipinski definition) is 7. The molecule has 9 nitrogen and oxygen atoms in total. The van der Waals surface area contributed by atoms with Crippen LogP contribution in [0.15, 0.2) is 35.8 Å². The lowest BCUT2D eigenvalue weighted by Crippen LogP contribution is -2.54. The minimum Gasteiger partial charge on any atom is -0.397 e. The Morgan fingerprint density at radius 1 is 1.16 bits per heavy atom. The zero-order valence-electron chi connectivity index (χ0n) is 24.3. The molecule has 0 saturated carbocycles. The number of piperazine rings is 1. The van der Waals surface area contributed by atoms with Crippen molar-refractivity contribution in [2.24, 2.45) is 0 Å². The predicted molar refractivity (Wildman–Crippen MR) is 165 cm³/mol. The molecule has 230 valence electrons. The van der Waals surface area contributed by atoms with Gasteiger partial charge in [0, 0.05) is 31.9 Å². The first kappa shape index (κ1) is 31.3. The summed E-state index contributed by atoms with van der Waals surface area (Å²) in [5.41, 5.74) is 4.79. The number of aryl methyl sites for hydroxylation is 1. The normalized spacial score (nSPS) is 15.4. The molecule has 2 N–H and O–H groups in total. The fraction of sp³-hybridized carbons (Fsp3) is 0.300. The molecule has 0 aliphatic carbocycles. The zero-order valence-corrected chi connectivity index (χ0v) is 25.8. The number of nitrogens with two attached hydrogens (primary N) is 1. The highest BCUT2D eigenvalue weighted by molar-refractivity contribution is 6.37. The van der Waals surface area contributed by atoms with E-state index in [0.717, 1.165) is 6.07 Å². The Morgan fingerprint density at radius 3 is 2.50 bits per heavy atom. The SMILES string of the molecule is C=CC(=O)N1CCN(c2nc(=O)n(-c3c(C)ccnc3C(C)C)c3nc(-c4c(N)c(Cl)c(F)c(Cl)c4F)c(F)cc23)[C@@H](C)C1. The molecule has 1 aliphatic heterocycles. The van der Waals surface area contributed by atoms with Crippen LogP contribution in [0.2, 0.25) is 10.0 Å². The van der Waals surface area contributed by atoms with Gasteiger partial charge in [-0.2, -0.15) is 4.98 Å². The monoisotopic (exact) mass is 645 g/mol. The first-order valence-electron chi connectivity index (χ1n) is 13.7. The molecule has 1 atom stereocenters. The summed E-state index contributed by atoms with van der Waals surface area (Å²) >= 11 is 11.8. The average Bonchev–Trinajstić information content (AvgIpc) is 2.99. The second-order valence-electron chi connectivity index (χ2n) is 10.8. The molecular formula is C30H28Cl2F3N7O2. The molecule has 0 unspecified atom stereocenters. The lowest BCUT2D eigenvalue weighted by molar-refractivity contribution is -0.126. The van der Waals surface area contributed by atoms with Gasteiger partial charge in [-0.1, -0.05) is 43.6 Å². The maximum atomic E-state index is 16.0. The van der Waals surface area contributed by atoms with E-state index in [1.807, 2.05) is 20.8 Å². The maximum Gasteiger partial charge on any atom is 0.355 e. The summed E-state index contributed by atoms with van der Waals surface area (Å²) in [6.45, 7) is 11.8. The third kappa shape index (κ3) is 5.05. The number of amides is 1. The van der Waals surface area contributed by atoms with Crippen molar-refractivity contribution in [3.63, 3.8) is 0 Å². The number of hydrogen-bond donors (Lipinski definition) is 1. The number of nitrogen functional groups attached to an aromatic ring is 1. The van der Waals surface area contributed by atoms with Crippen molar-refractivity contribution < 1.29 is 18.0 Å². The molecule has 1 aromatic carbocycles. The predicted octanol–water partition coefficient (Wildman–Crippen LogP) is 5.80. The van der Waals surface area contributed by atoms with E-state index in [1.54, 1.807) is 29.0 Å². The van der Waals surface area contributed by atoms with Gasteiger partial charge in [-0.3, -0.25) is 9.78 Å². The Hall–Kier alpha value is -4.16. The van der Waals surface area contributed by atoms with Gasteiger partial charge < -0.3 is 15.5 Å². The number of fused-ring (bicyclic) bond motifs is 1. The summed E-state index contributed by atoms with van der Waals surface area (Å²) in [6.07, 6.45) is 2.82. The van der Waals surface area contributed by atoms with Gasteiger partial charge in [-0.15, -0.1) is 0 Å².